The first-order valence-corrected chi connectivity index (χ1v) is 13.8. The van der Waals surface area contributed by atoms with Gasteiger partial charge in [0.2, 0.25) is 0 Å². The SMILES string of the molecule is CCOC(=O)C1=C(C)N=c2s/c(=C\c3ccc(-c4ccc(Cl)c([N+](=O)[O-])c4)o3)c(=O)n2[C@@H]1c1ccc(N(C)C)cc1. The van der Waals surface area contributed by atoms with E-state index in [-0.39, 0.29) is 22.9 Å². The molecule has 5 rings (SSSR count). The number of ether oxygens (including phenoxy) is 1. The lowest BCUT2D eigenvalue weighted by Crippen LogP contribution is -2.39. The number of nitro benzene ring substituents is 1. The number of nitro groups is 1. The molecule has 2 aromatic heterocycles. The topological polar surface area (TPSA) is 120 Å². The summed E-state index contributed by atoms with van der Waals surface area (Å²) in [6, 6.07) is 14.6. The lowest BCUT2D eigenvalue weighted by atomic mass is 9.95. The minimum atomic E-state index is -0.731. The minimum Gasteiger partial charge on any atom is -0.463 e. The molecule has 12 heteroatoms. The molecule has 0 aliphatic carbocycles. The number of furan rings is 1. The molecule has 0 amide bonds. The van der Waals surface area contributed by atoms with E-state index in [9.17, 15) is 19.7 Å². The van der Waals surface area contributed by atoms with E-state index in [2.05, 4.69) is 4.99 Å². The molecular formula is C29H25ClN4O6S. The van der Waals surface area contributed by atoms with Crippen LogP contribution in [0.15, 0.2) is 80.1 Å². The molecule has 0 bridgehead atoms. The highest BCUT2D eigenvalue weighted by Gasteiger charge is 2.33. The second-order valence-electron chi connectivity index (χ2n) is 9.41. The van der Waals surface area contributed by atoms with Crippen LogP contribution in [0.1, 0.15) is 31.2 Å². The average Bonchev–Trinajstić information content (AvgIpc) is 3.52. The fourth-order valence-corrected chi connectivity index (χ4v) is 5.80. The molecule has 4 aromatic rings. The summed E-state index contributed by atoms with van der Waals surface area (Å²) < 4.78 is 13.1. The quantitative estimate of drug-likeness (QED) is 0.173. The number of thiazole rings is 1. The van der Waals surface area contributed by atoms with Gasteiger partial charge in [-0.25, -0.2) is 9.79 Å². The van der Waals surface area contributed by atoms with Crippen LogP contribution in [-0.4, -0.2) is 36.2 Å². The van der Waals surface area contributed by atoms with E-state index in [1.165, 1.54) is 28.0 Å². The van der Waals surface area contributed by atoms with E-state index in [1.54, 1.807) is 38.1 Å². The molecule has 10 nitrogen and oxygen atoms in total. The number of esters is 1. The average molecular weight is 593 g/mol. The summed E-state index contributed by atoms with van der Waals surface area (Å²) in [6.45, 7) is 3.64. The number of aromatic nitrogens is 1. The molecule has 1 aliphatic heterocycles. The number of benzene rings is 2. The van der Waals surface area contributed by atoms with Gasteiger partial charge >= 0.3 is 5.97 Å². The maximum atomic E-state index is 13.8. The van der Waals surface area contributed by atoms with Crippen molar-refractivity contribution in [2.24, 2.45) is 4.99 Å². The zero-order valence-electron chi connectivity index (χ0n) is 22.6. The molecule has 2 aromatic carbocycles. The number of hydrogen-bond acceptors (Lipinski definition) is 9. The number of carbonyl (C=O) groups is 1. The molecule has 0 fully saturated rings. The van der Waals surface area contributed by atoms with Crippen molar-refractivity contribution in [1.82, 2.24) is 4.57 Å². The smallest absolute Gasteiger partial charge is 0.338 e. The van der Waals surface area contributed by atoms with Gasteiger partial charge < -0.3 is 14.1 Å². The molecule has 1 atom stereocenters. The van der Waals surface area contributed by atoms with Gasteiger partial charge in [0.05, 0.1) is 33.4 Å². The summed E-state index contributed by atoms with van der Waals surface area (Å²) in [4.78, 5) is 44.6. The highest BCUT2D eigenvalue weighted by molar-refractivity contribution is 7.07. The zero-order chi connectivity index (χ0) is 29.4. The van der Waals surface area contributed by atoms with E-state index in [0.717, 1.165) is 11.3 Å². The Balaban J connectivity index is 1.61. The maximum Gasteiger partial charge on any atom is 0.338 e. The molecule has 0 spiro atoms. The van der Waals surface area contributed by atoms with E-state index in [4.69, 9.17) is 20.8 Å². The number of allylic oxidation sites excluding steroid dienone is 1. The lowest BCUT2D eigenvalue weighted by molar-refractivity contribution is -0.384. The number of hydrogen-bond donors (Lipinski definition) is 0. The van der Waals surface area contributed by atoms with Crippen LogP contribution in [0, 0.1) is 10.1 Å². The predicted molar refractivity (Wildman–Crippen MR) is 157 cm³/mol. The molecule has 0 unspecified atom stereocenters. The second-order valence-corrected chi connectivity index (χ2v) is 10.8. The van der Waals surface area contributed by atoms with E-state index in [0.29, 0.717) is 37.7 Å². The van der Waals surface area contributed by atoms with Crippen molar-refractivity contribution >= 4 is 46.4 Å². The van der Waals surface area contributed by atoms with Crippen molar-refractivity contribution in [3.63, 3.8) is 0 Å². The molecular weight excluding hydrogens is 568 g/mol. The first-order chi connectivity index (χ1) is 19.6. The van der Waals surface area contributed by atoms with Crippen LogP contribution >= 0.6 is 22.9 Å². The number of anilines is 1. The van der Waals surface area contributed by atoms with Gasteiger partial charge in [-0.2, -0.15) is 0 Å². The van der Waals surface area contributed by atoms with Crippen LogP contribution in [0.5, 0.6) is 0 Å². The van der Waals surface area contributed by atoms with Crippen molar-refractivity contribution < 1.29 is 18.9 Å². The van der Waals surface area contributed by atoms with Crippen LogP contribution in [0.25, 0.3) is 17.4 Å². The maximum absolute atomic E-state index is 13.8. The van der Waals surface area contributed by atoms with Crippen LogP contribution in [0.2, 0.25) is 5.02 Å². The standard InChI is InChI=1S/C29H25ClN4O6S/c1-5-39-28(36)25-16(2)31-29-33(26(25)17-6-9-19(10-7-17)32(3)4)27(35)24(41-29)15-20-11-13-23(40-20)18-8-12-21(30)22(14-18)34(37)38/h6-15,26H,5H2,1-4H3/b24-15-/t26-/m1/s1. The van der Waals surface area contributed by atoms with Crippen molar-refractivity contribution in [3.05, 3.63) is 112 Å². The molecule has 0 saturated heterocycles. The van der Waals surface area contributed by atoms with Crippen LogP contribution < -0.4 is 19.8 Å². The van der Waals surface area contributed by atoms with Gasteiger partial charge in [0, 0.05) is 37.5 Å². The van der Waals surface area contributed by atoms with Gasteiger partial charge in [-0.15, -0.1) is 0 Å². The Bertz CT molecular complexity index is 1880. The van der Waals surface area contributed by atoms with Gasteiger partial charge in [0.15, 0.2) is 4.80 Å². The van der Waals surface area contributed by atoms with E-state index in [1.807, 2.05) is 43.3 Å². The molecule has 41 heavy (non-hydrogen) atoms. The minimum absolute atomic E-state index is 0.0232. The number of rotatable bonds is 7. The summed E-state index contributed by atoms with van der Waals surface area (Å²) in [6.07, 6.45) is 1.59. The molecule has 210 valence electrons. The fourth-order valence-electron chi connectivity index (χ4n) is 4.58. The van der Waals surface area contributed by atoms with Gasteiger partial charge in [-0.3, -0.25) is 19.5 Å². The summed E-state index contributed by atoms with van der Waals surface area (Å²) in [5.74, 6) is 0.219. The third kappa shape index (κ3) is 5.33. The van der Waals surface area contributed by atoms with E-state index >= 15 is 0 Å². The molecule has 0 radical (unpaired) electrons. The predicted octanol–water partition coefficient (Wildman–Crippen LogP) is 4.69. The lowest BCUT2D eigenvalue weighted by Gasteiger charge is -2.25. The Morgan fingerprint density at radius 2 is 1.95 bits per heavy atom. The summed E-state index contributed by atoms with van der Waals surface area (Å²) in [5, 5.41) is 11.3. The van der Waals surface area contributed by atoms with Crippen molar-refractivity contribution in [2.45, 2.75) is 19.9 Å². The Morgan fingerprint density at radius 3 is 2.61 bits per heavy atom. The molecule has 3 heterocycles. The van der Waals surface area contributed by atoms with E-state index < -0.39 is 16.9 Å². The van der Waals surface area contributed by atoms with Gasteiger partial charge in [0.25, 0.3) is 11.2 Å². The largest absolute Gasteiger partial charge is 0.463 e. The highest BCUT2D eigenvalue weighted by atomic mass is 35.5. The second kappa shape index (κ2) is 11.2. The van der Waals surface area contributed by atoms with Crippen molar-refractivity contribution in [3.8, 4) is 11.3 Å². The number of carbonyl (C=O) groups excluding carboxylic acids is 1. The van der Waals surface area contributed by atoms with Gasteiger partial charge in [-0.05, 0) is 55.8 Å². The number of halogens is 1. The van der Waals surface area contributed by atoms with Crippen LogP contribution in [0.4, 0.5) is 11.4 Å². The molecule has 0 saturated carbocycles. The summed E-state index contributed by atoms with van der Waals surface area (Å²) in [5.41, 5.74) is 2.38. The Hall–Kier alpha value is -4.48. The Kier molecular flexibility index (Phi) is 7.65. The van der Waals surface area contributed by atoms with Crippen molar-refractivity contribution in [2.75, 3.05) is 25.6 Å². The zero-order valence-corrected chi connectivity index (χ0v) is 24.2. The summed E-state index contributed by atoms with van der Waals surface area (Å²) in [7, 11) is 3.86. The Labute approximate surface area is 243 Å². The monoisotopic (exact) mass is 592 g/mol. The third-order valence-corrected chi connectivity index (χ3v) is 7.87. The first kappa shape index (κ1) is 28.1. The molecule has 1 aliphatic rings. The number of nitrogens with zero attached hydrogens (tertiary/aromatic N) is 4. The van der Waals surface area contributed by atoms with Gasteiger partial charge in [0.1, 0.15) is 16.5 Å². The number of fused-ring (bicyclic) bond motifs is 1. The van der Waals surface area contributed by atoms with Crippen LogP contribution in [-0.2, 0) is 9.53 Å². The highest BCUT2D eigenvalue weighted by Crippen LogP contribution is 2.33. The van der Waals surface area contributed by atoms with Crippen molar-refractivity contribution in [1.29, 1.82) is 0 Å². The fraction of sp³-hybridized carbons (Fsp3) is 0.207. The summed E-state index contributed by atoms with van der Waals surface area (Å²) >= 11 is 7.11. The normalized spacial score (nSPS) is 15.0. The third-order valence-electron chi connectivity index (χ3n) is 6.57. The van der Waals surface area contributed by atoms with Gasteiger partial charge in [-0.1, -0.05) is 35.1 Å². The Morgan fingerprint density at radius 1 is 1.22 bits per heavy atom. The molecule has 0 N–H and O–H groups in total. The van der Waals surface area contributed by atoms with Crippen LogP contribution in [0.3, 0.4) is 0 Å². The first-order valence-electron chi connectivity index (χ1n) is 12.6.